The van der Waals surface area contributed by atoms with Crippen LogP contribution in [0.25, 0.3) is 0 Å². The Bertz CT molecular complexity index is 369. The van der Waals surface area contributed by atoms with Gasteiger partial charge in [0.05, 0.1) is 19.2 Å². The second kappa shape index (κ2) is 5.92. The second-order valence-corrected chi connectivity index (χ2v) is 3.63. The first-order valence-electron chi connectivity index (χ1n) is 4.85. The van der Waals surface area contributed by atoms with E-state index in [4.69, 9.17) is 26.2 Å². The maximum Gasteiger partial charge on any atom is 0.198 e. The Morgan fingerprint density at radius 2 is 1.94 bits per heavy atom. The molecule has 0 atom stereocenters. The largest absolute Gasteiger partial charge is 0.492 e. The van der Waals surface area contributed by atoms with Crippen molar-refractivity contribution in [2.75, 3.05) is 20.8 Å². The minimum absolute atomic E-state index is 0.00272. The molecule has 0 saturated carbocycles. The third kappa shape index (κ3) is 2.57. The Labute approximate surface area is 98.7 Å². The van der Waals surface area contributed by atoms with Crippen LogP contribution in [0.15, 0.2) is 6.07 Å². The van der Waals surface area contributed by atoms with Crippen LogP contribution in [-0.4, -0.2) is 25.9 Å². The Balaban J connectivity index is 3.20. The van der Waals surface area contributed by atoms with E-state index in [9.17, 15) is 4.39 Å². The molecule has 0 unspecified atom stereocenters. The van der Waals surface area contributed by atoms with Gasteiger partial charge in [-0.1, -0.05) is 11.6 Å². The lowest BCUT2D eigenvalue weighted by atomic mass is 10.1. The van der Waals surface area contributed by atoms with E-state index in [-0.39, 0.29) is 17.4 Å². The molecule has 1 rings (SSSR count). The minimum atomic E-state index is -0.631. The molecule has 0 aliphatic rings. The summed E-state index contributed by atoms with van der Waals surface area (Å²) in [4.78, 5) is 0. The van der Waals surface area contributed by atoms with Crippen molar-refractivity contribution in [3.05, 3.63) is 22.5 Å². The molecule has 0 amide bonds. The monoisotopic (exact) mass is 248 g/mol. The van der Waals surface area contributed by atoms with Crippen LogP contribution in [0.1, 0.15) is 12.0 Å². The van der Waals surface area contributed by atoms with Crippen LogP contribution in [0.3, 0.4) is 0 Å². The maximum absolute atomic E-state index is 13.6. The molecule has 5 heteroatoms. The number of benzene rings is 1. The Morgan fingerprint density at radius 1 is 1.31 bits per heavy atom. The highest BCUT2D eigenvalue weighted by molar-refractivity contribution is 6.31. The topological polar surface area (TPSA) is 38.7 Å². The van der Waals surface area contributed by atoms with Gasteiger partial charge in [0.15, 0.2) is 17.3 Å². The van der Waals surface area contributed by atoms with Crippen molar-refractivity contribution >= 4 is 11.6 Å². The first-order chi connectivity index (χ1) is 7.65. The number of methoxy groups -OCH3 is 2. The van der Waals surface area contributed by atoms with Crippen molar-refractivity contribution in [2.24, 2.45) is 0 Å². The molecule has 0 bridgehead atoms. The zero-order chi connectivity index (χ0) is 12.1. The number of hydrogen-bond donors (Lipinski definition) is 1. The van der Waals surface area contributed by atoms with Crippen LogP contribution < -0.4 is 9.47 Å². The average Bonchev–Trinajstić information content (AvgIpc) is 2.29. The Hall–Kier alpha value is -1.00. The van der Waals surface area contributed by atoms with Crippen LogP contribution in [0, 0.1) is 5.82 Å². The number of aliphatic hydroxyl groups excluding tert-OH is 1. The van der Waals surface area contributed by atoms with Gasteiger partial charge in [-0.05, 0) is 24.5 Å². The fourth-order valence-corrected chi connectivity index (χ4v) is 1.71. The predicted octanol–water partition coefficient (Wildman–Crippen LogP) is 2.42. The van der Waals surface area contributed by atoms with Gasteiger partial charge in [0.1, 0.15) is 0 Å². The fraction of sp³-hybridized carbons (Fsp3) is 0.455. The first-order valence-corrected chi connectivity index (χ1v) is 5.23. The highest BCUT2D eigenvalue weighted by atomic mass is 35.5. The van der Waals surface area contributed by atoms with Crippen LogP contribution in [0.4, 0.5) is 4.39 Å². The normalized spacial score (nSPS) is 10.3. The molecule has 0 radical (unpaired) electrons. The van der Waals surface area contributed by atoms with Gasteiger partial charge in [-0.3, -0.25) is 0 Å². The molecule has 90 valence electrons. The molecule has 16 heavy (non-hydrogen) atoms. The van der Waals surface area contributed by atoms with Crippen molar-refractivity contribution in [2.45, 2.75) is 12.8 Å². The van der Waals surface area contributed by atoms with Gasteiger partial charge in [-0.2, -0.15) is 0 Å². The lowest BCUT2D eigenvalue weighted by Gasteiger charge is -2.14. The van der Waals surface area contributed by atoms with Crippen molar-refractivity contribution < 1.29 is 19.0 Å². The number of ether oxygens (including phenoxy) is 2. The summed E-state index contributed by atoms with van der Waals surface area (Å²) in [6.07, 6.45) is 1.11. The van der Waals surface area contributed by atoms with E-state index >= 15 is 0 Å². The van der Waals surface area contributed by atoms with E-state index in [1.54, 1.807) is 0 Å². The van der Waals surface area contributed by atoms with E-state index in [0.29, 0.717) is 18.6 Å². The van der Waals surface area contributed by atoms with E-state index < -0.39 is 5.82 Å². The Kier molecular flexibility index (Phi) is 4.83. The van der Waals surface area contributed by atoms with Gasteiger partial charge in [0, 0.05) is 6.61 Å². The highest BCUT2D eigenvalue weighted by Gasteiger charge is 2.18. The van der Waals surface area contributed by atoms with E-state index in [0.717, 1.165) is 5.56 Å². The third-order valence-electron chi connectivity index (χ3n) is 2.22. The van der Waals surface area contributed by atoms with Gasteiger partial charge in [-0.15, -0.1) is 0 Å². The lowest BCUT2D eigenvalue weighted by molar-refractivity contribution is 0.286. The first kappa shape index (κ1) is 13.1. The molecule has 0 aliphatic carbocycles. The molecule has 1 N–H and O–H groups in total. The summed E-state index contributed by atoms with van der Waals surface area (Å²) in [5.74, 6) is -0.297. The molecular weight excluding hydrogens is 235 g/mol. The predicted molar refractivity (Wildman–Crippen MR) is 59.9 cm³/mol. The molecule has 1 aromatic rings. The lowest BCUT2D eigenvalue weighted by Crippen LogP contribution is -2.00. The molecule has 0 fully saturated rings. The summed E-state index contributed by atoms with van der Waals surface area (Å²) in [6, 6.07) is 1.49. The molecule has 0 saturated heterocycles. The van der Waals surface area contributed by atoms with E-state index in [1.165, 1.54) is 20.3 Å². The van der Waals surface area contributed by atoms with Crippen LogP contribution in [-0.2, 0) is 6.42 Å². The Morgan fingerprint density at radius 3 is 2.44 bits per heavy atom. The SMILES string of the molecule is COc1c(CCCO)cc(Cl)c(F)c1OC. The zero-order valence-corrected chi connectivity index (χ0v) is 9.97. The maximum atomic E-state index is 13.6. The summed E-state index contributed by atoms with van der Waals surface area (Å²) >= 11 is 5.73. The van der Waals surface area contributed by atoms with Crippen molar-refractivity contribution in [1.29, 1.82) is 0 Å². The molecule has 3 nitrogen and oxygen atoms in total. The molecule has 0 aliphatic heterocycles. The van der Waals surface area contributed by atoms with Crippen molar-refractivity contribution in [3.8, 4) is 11.5 Å². The number of rotatable bonds is 5. The van der Waals surface area contributed by atoms with Gasteiger partial charge >= 0.3 is 0 Å². The number of aryl methyl sites for hydroxylation is 1. The van der Waals surface area contributed by atoms with Crippen LogP contribution in [0.2, 0.25) is 5.02 Å². The summed E-state index contributed by atoms with van der Waals surface area (Å²) < 4.78 is 23.6. The summed E-state index contributed by atoms with van der Waals surface area (Å²) in [5, 5.41) is 8.75. The smallest absolute Gasteiger partial charge is 0.198 e. The van der Waals surface area contributed by atoms with Crippen LogP contribution in [0.5, 0.6) is 11.5 Å². The van der Waals surface area contributed by atoms with Crippen molar-refractivity contribution in [3.63, 3.8) is 0 Å². The molecule has 1 aromatic carbocycles. The van der Waals surface area contributed by atoms with Gasteiger partial charge in [-0.25, -0.2) is 4.39 Å². The molecular formula is C11H14ClFO3. The molecule has 0 spiro atoms. The fourth-order valence-electron chi connectivity index (χ4n) is 1.50. The number of halogens is 2. The summed E-state index contributed by atoms with van der Waals surface area (Å²) in [7, 11) is 2.79. The van der Waals surface area contributed by atoms with Gasteiger partial charge < -0.3 is 14.6 Å². The van der Waals surface area contributed by atoms with Crippen LogP contribution >= 0.6 is 11.6 Å². The minimum Gasteiger partial charge on any atom is -0.492 e. The standard InChI is InChI=1S/C11H14ClFO3/c1-15-10-7(4-3-5-14)6-8(12)9(13)11(10)16-2/h6,14H,3-5H2,1-2H3. The summed E-state index contributed by atoms with van der Waals surface area (Å²) in [6.45, 7) is 0.0560. The summed E-state index contributed by atoms with van der Waals surface area (Å²) in [5.41, 5.74) is 0.722. The average molecular weight is 249 g/mol. The third-order valence-corrected chi connectivity index (χ3v) is 2.50. The van der Waals surface area contributed by atoms with E-state index in [2.05, 4.69) is 0 Å². The van der Waals surface area contributed by atoms with E-state index in [1.807, 2.05) is 0 Å². The number of aliphatic hydroxyl groups is 1. The molecule has 0 heterocycles. The number of hydrogen-bond acceptors (Lipinski definition) is 3. The molecule has 0 aromatic heterocycles. The second-order valence-electron chi connectivity index (χ2n) is 3.23. The van der Waals surface area contributed by atoms with Gasteiger partial charge in [0.2, 0.25) is 0 Å². The quantitative estimate of drug-likeness (QED) is 0.870. The van der Waals surface area contributed by atoms with Gasteiger partial charge in [0.25, 0.3) is 0 Å². The zero-order valence-electron chi connectivity index (χ0n) is 9.22. The highest BCUT2D eigenvalue weighted by Crippen LogP contribution is 2.38. The van der Waals surface area contributed by atoms with Crippen molar-refractivity contribution in [1.82, 2.24) is 0 Å².